The molecule has 2 N–H and O–H groups in total. The fourth-order valence-electron chi connectivity index (χ4n) is 1.43. The van der Waals surface area contributed by atoms with Crippen LogP contribution in [-0.2, 0) is 18.1 Å². The Kier molecular flexibility index (Phi) is 4.20. The van der Waals surface area contributed by atoms with Crippen molar-refractivity contribution in [3.63, 3.8) is 0 Å². The molecule has 1 aromatic heterocycles. The van der Waals surface area contributed by atoms with Crippen molar-refractivity contribution in [3.05, 3.63) is 18.2 Å². The molecular formula is C9H13N3O4P2. The SMILES string of the molecule is c1cc(NP2OCCO2)nc(NP2OCCO2)c1. The van der Waals surface area contributed by atoms with E-state index in [1.807, 2.05) is 18.2 Å². The van der Waals surface area contributed by atoms with Gasteiger partial charge in [-0.1, -0.05) is 6.07 Å². The monoisotopic (exact) mass is 289 g/mol. The number of hydrogen-bond donors (Lipinski definition) is 2. The zero-order valence-electron chi connectivity index (χ0n) is 9.54. The zero-order chi connectivity index (χ0) is 12.2. The van der Waals surface area contributed by atoms with Crippen LogP contribution in [-0.4, -0.2) is 31.4 Å². The van der Waals surface area contributed by atoms with Crippen molar-refractivity contribution in [1.82, 2.24) is 4.98 Å². The molecule has 3 heterocycles. The smallest absolute Gasteiger partial charge is 0.288 e. The van der Waals surface area contributed by atoms with E-state index < -0.39 is 17.1 Å². The third-order valence-electron chi connectivity index (χ3n) is 2.16. The molecule has 2 saturated heterocycles. The number of nitrogens with one attached hydrogen (secondary N) is 2. The van der Waals surface area contributed by atoms with Crippen molar-refractivity contribution in [2.75, 3.05) is 36.6 Å². The fraction of sp³-hybridized carbons (Fsp3) is 0.444. The largest absolute Gasteiger partial charge is 0.315 e. The lowest BCUT2D eigenvalue weighted by Crippen LogP contribution is -1.98. The van der Waals surface area contributed by atoms with Gasteiger partial charge in [-0.15, -0.1) is 0 Å². The van der Waals surface area contributed by atoms with Crippen LogP contribution in [0.4, 0.5) is 11.6 Å². The molecule has 98 valence electrons. The quantitative estimate of drug-likeness (QED) is 0.825. The standard InChI is InChI=1S/C9H13N3O4P2/c1-2-8(11-17-13-4-5-14-17)10-9(3-1)12-18-15-6-7-16-18/h1-3H,4-7H2,(H2,10,11,12). The molecule has 0 aliphatic carbocycles. The number of nitrogens with zero attached hydrogens (tertiary/aromatic N) is 1. The molecule has 3 rings (SSSR count). The van der Waals surface area contributed by atoms with Crippen molar-refractivity contribution < 1.29 is 18.1 Å². The molecule has 0 unspecified atom stereocenters. The average Bonchev–Trinajstić information content (AvgIpc) is 3.03. The molecule has 7 nitrogen and oxygen atoms in total. The number of anilines is 2. The first-order valence-electron chi connectivity index (χ1n) is 5.52. The Morgan fingerprint density at radius 1 is 0.833 bits per heavy atom. The minimum atomic E-state index is -1.05. The Hall–Kier alpha value is -0.550. The van der Waals surface area contributed by atoms with Gasteiger partial charge in [0, 0.05) is 0 Å². The summed E-state index contributed by atoms with van der Waals surface area (Å²) in [7, 11) is -2.09. The summed E-state index contributed by atoms with van der Waals surface area (Å²) < 4.78 is 21.4. The van der Waals surface area contributed by atoms with E-state index in [9.17, 15) is 0 Å². The summed E-state index contributed by atoms with van der Waals surface area (Å²) in [5.41, 5.74) is 0. The maximum absolute atomic E-state index is 5.36. The molecule has 0 atom stereocenters. The summed E-state index contributed by atoms with van der Waals surface area (Å²) in [5.74, 6) is 1.42. The van der Waals surface area contributed by atoms with E-state index >= 15 is 0 Å². The normalized spacial score (nSPS) is 21.3. The molecule has 0 spiro atoms. The summed E-state index contributed by atoms with van der Waals surface area (Å²) in [6, 6.07) is 5.62. The molecule has 0 amide bonds. The predicted molar refractivity (Wildman–Crippen MR) is 69.1 cm³/mol. The first kappa shape index (κ1) is 12.5. The minimum Gasteiger partial charge on any atom is -0.315 e. The lowest BCUT2D eigenvalue weighted by Gasteiger charge is -2.13. The van der Waals surface area contributed by atoms with E-state index in [1.54, 1.807) is 0 Å². The summed E-state index contributed by atoms with van der Waals surface area (Å²) in [6.07, 6.45) is 0. The first-order chi connectivity index (χ1) is 8.90. The Morgan fingerprint density at radius 2 is 1.28 bits per heavy atom. The highest BCUT2D eigenvalue weighted by Gasteiger charge is 2.20. The van der Waals surface area contributed by atoms with Crippen LogP contribution in [0.5, 0.6) is 0 Å². The third-order valence-corrected chi connectivity index (χ3v) is 4.65. The van der Waals surface area contributed by atoms with Crippen LogP contribution in [0.25, 0.3) is 0 Å². The van der Waals surface area contributed by atoms with E-state index in [0.717, 1.165) is 0 Å². The lowest BCUT2D eigenvalue weighted by atomic mass is 10.4. The topological polar surface area (TPSA) is 73.9 Å². The maximum Gasteiger partial charge on any atom is 0.288 e. The van der Waals surface area contributed by atoms with E-state index in [-0.39, 0.29) is 0 Å². The summed E-state index contributed by atoms with van der Waals surface area (Å²) in [4.78, 5) is 4.39. The van der Waals surface area contributed by atoms with E-state index in [1.165, 1.54) is 0 Å². The Bertz CT molecular complexity index is 366. The number of aromatic nitrogens is 1. The minimum absolute atomic E-state index is 0.629. The van der Waals surface area contributed by atoms with Gasteiger partial charge in [0.2, 0.25) is 0 Å². The van der Waals surface area contributed by atoms with Crippen LogP contribution in [0.1, 0.15) is 0 Å². The molecule has 2 aliphatic heterocycles. The molecule has 0 saturated carbocycles. The van der Waals surface area contributed by atoms with Crippen molar-refractivity contribution in [1.29, 1.82) is 0 Å². The summed E-state index contributed by atoms with van der Waals surface area (Å²) in [6.45, 7) is 2.51. The van der Waals surface area contributed by atoms with Crippen LogP contribution in [0, 0.1) is 0 Å². The second kappa shape index (κ2) is 6.06. The second-order valence-electron chi connectivity index (χ2n) is 3.48. The van der Waals surface area contributed by atoms with Crippen molar-refractivity contribution in [3.8, 4) is 0 Å². The zero-order valence-corrected chi connectivity index (χ0v) is 11.3. The van der Waals surface area contributed by atoms with Gasteiger partial charge in [-0.2, -0.15) is 0 Å². The Balaban J connectivity index is 1.60. The van der Waals surface area contributed by atoms with Gasteiger partial charge < -0.3 is 28.3 Å². The Morgan fingerprint density at radius 3 is 1.72 bits per heavy atom. The van der Waals surface area contributed by atoms with Crippen molar-refractivity contribution in [2.45, 2.75) is 0 Å². The molecule has 18 heavy (non-hydrogen) atoms. The first-order valence-corrected chi connectivity index (χ1v) is 7.88. The van der Waals surface area contributed by atoms with E-state index in [2.05, 4.69) is 15.2 Å². The van der Waals surface area contributed by atoms with Crippen LogP contribution >= 0.6 is 17.1 Å². The molecular weight excluding hydrogens is 276 g/mol. The number of pyridine rings is 1. The van der Waals surface area contributed by atoms with Gasteiger partial charge >= 0.3 is 0 Å². The third kappa shape index (κ3) is 3.26. The summed E-state index contributed by atoms with van der Waals surface area (Å²) in [5, 5.41) is 6.20. The van der Waals surface area contributed by atoms with Crippen LogP contribution in [0.15, 0.2) is 18.2 Å². The predicted octanol–water partition coefficient (Wildman–Crippen LogP) is 2.45. The molecule has 0 bridgehead atoms. The highest BCUT2D eigenvalue weighted by molar-refractivity contribution is 7.49. The molecule has 0 radical (unpaired) electrons. The average molecular weight is 289 g/mol. The second-order valence-corrected chi connectivity index (χ2v) is 5.99. The van der Waals surface area contributed by atoms with Crippen molar-refractivity contribution in [2.24, 2.45) is 0 Å². The lowest BCUT2D eigenvalue weighted by molar-refractivity contribution is 0.365. The maximum atomic E-state index is 5.36. The van der Waals surface area contributed by atoms with Gasteiger partial charge in [-0.25, -0.2) is 4.98 Å². The van der Waals surface area contributed by atoms with E-state index in [4.69, 9.17) is 18.1 Å². The summed E-state index contributed by atoms with van der Waals surface area (Å²) >= 11 is 0. The van der Waals surface area contributed by atoms with Gasteiger partial charge in [-0.3, -0.25) is 0 Å². The van der Waals surface area contributed by atoms with E-state index in [0.29, 0.717) is 38.1 Å². The highest BCUT2D eigenvalue weighted by atomic mass is 31.2. The Labute approximate surface area is 107 Å². The molecule has 2 aliphatic rings. The number of rotatable bonds is 4. The molecule has 2 fully saturated rings. The highest BCUT2D eigenvalue weighted by Crippen LogP contribution is 2.43. The van der Waals surface area contributed by atoms with Gasteiger partial charge in [0.25, 0.3) is 17.1 Å². The van der Waals surface area contributed by atoms with Crippen LogP contribution in [0.3, 0.4) is 0 Å². The number of hydrogen-bond acceptors (Lipinski definition) is 7. The molecule has 0 aromatic carbocycles. The van der Waals surface area contributed by atoms with Gasteiger partial charge in [0.1, 0.15) is 11.6 Å². The van der Waals surface area contributed by atoms with Gasteiger partial charge in [-0.05, 0) is 12.1 Å². The van der Waals surface area contributed by atoms with Crippen LogP contribution < -0.4 is 10.2 Å². The fourth-order valence-corrected chi connectivity index (χ4v) is 3.42. The van der Waals surface area contributed by atoms with Gasteiger partial charge in [0.05, 0.1) is 26.4 Å². The van der Waals surface area contributed by atoms with Crippen LogP contribution in [0.2, 0.25) is 0 Å². The molecule has 1 aromatic rings. The van der Waals surface area contributed by atoms with Gasteiger partial charge in [0.15, 0.2) is 0 Å². The van der Waals surface area contributed by atoms with Crippen molar-refractivity contribution >= 4 is 28.7 Å². The molecule has 9 heteroatoms.